The summed E-state index contributed by atoms with van der Waals surface area (Å²) in [6, 6.07) is 3.22. The van der Waals surface area contributed by atoms with Crippen LogP contribution in [0.5, 0.6) is 0 Å². The smallest absolute Gasteiger partial charge is 0.307 e. The summed E-state index contributed by atoms with van der Waals surface area (Å²) in [5.74, 6) is 0.00712. The first-order valence-electron chi connectivity index (χ1n) is 5.40. The SMILES string of the molecule is COC(=O)CCNc1ccc(C(=O)N(C)C)nn1. The third kappa shape index (κ3) is 4.00. The zero-order valence-electron chi connectivity index (χ0n) is 10.6. The second kappa shape index (κ2) is 6.53. The first-order chi connectivity index (χ1) is 8.54. The first-order valence-corrected chi connectivity index (χ1v) is 5.40. The van der Waals surface area contributed by atoms with E-state index in [0.717, 1.165) is 0 Å². The summed E-state index contributed by atoms with van der Waals surface area (Å²) in [6.07, 6.45) is 0.247. The van der Waals surface area contributed by atoms with Gasteiger partial charge in [0.25, 0.3) is 5.91 Å². The normalized spacial score (nSPS) is 9.72. The maximum Gasteiger partial charge on any atom is 0.307 e. The number of esters is 1. The van der Waals surface area contributed by atoms with E-state index in [0.29, 0.717) is 12.4 Å². The zero-order chi connectivity index (χ0) is 13.5. The number of ether oxygens (including phenoxy) is 1. The maximum atomic E-state index is 11.5. The summed E-state index contributed by atoms with van der Waals surface area (Å²) >= 11 is 0. The second-order valence-corrected chi connectivity index (χ2v) is 3.76. The molecule has 0 atom stereocenters. The number of amides is 1. The fraction of sp³-hybridized carbons (Fsp3) is 0.455. The third-order valence-electron chi connectivity index (χ3n) is 2.15. The van der Waals surface area contributed by atoms with Gasteiger partial charge in [0.05, 0.1) is 13.5 Å². The summed E-state index contributed by atoms with van der Waals surface area (Å²) in [5.41, 5.74) is 0.276. The Bertz CT molecular complexity index is 417. The van der Waals surface area contributed by atoms with Gasteiger partial charge in [-0.25, -0.2) is 0 Å². The fourth-order valence-corrected chi connectivity index (χ4v) is 1.16. The van der Waals surface area contributed by atoms with Gasteiger partial charge in [-0.15, -0.1) is 10.2 Å². The number of nitrogens with one attached hydrogen (secondary N) is 1. The standard InChI is InChI=1S/C11H16N4O3/c1-15(2)11(17)8-4-5-9(14-13-8)12-7-6-10(16)18-3/h4-5H,6-7H2,1-3H3,(H,12,14). The van der Waals surface area contributed by atoms with E-state index in [-0.39, 0.29) is 24.0 Å². The van der Waals surface area contributed by atoms with Crippen molar-refractivity contribution in [1.29, 1.82) is 0 Å². The highest BCUT2D eigenvalue weighted by molar-refractivity contribution is 5.91. The van der Waals surface area contributed by atoms with Gasteiger partial charge in [-0.2, -0.15) is 0 Å². The molecule has 0 aliphatic rings. The quantitative estimate of drug-likeness (QED) is 0.751. The molecule has 1 heterocycles. The molecule has 1 aromatic rings. The average Bonchev–Trinajstić information content (AvgIpc) is 2.38. The molecule has 1 rings (SSSR count). The van der Waals surface area contributed by atoms with Crippen molar-refractivity contribution >= 4 is 17.7 Å². The van der Waals surface area contributed by atoms with Crippen LogP contribution in [0.25, 0.3) is 0 Å². The number of hydrogen-bond acceptors (Lipinski definition) is 6. The van der Waals surface area contributed by atoms with Crippen molar-refractivity contribution in [3.8, 4) is 0 Å². The topological polar surface area (TPSA) is 84.4 Å². The Hall–Kier alpha value is -2.18. The molecule has 0 unspecified atom stereocenters. The number of rotatable bonds is 5. The van der Waals surface area contributed by atoms with E-state index in [1.165, 1.54) is 12.0 Å². The molecule has 0 aliphatic heterocycles. The third-order valence-corrected chi connectivity index (χ3v) is 2.15. The lowest BCUT2D eigenvalue weighted by Crippen LogP contribution is -2.23. The highest BCUT2D eigenvalue weighted by atomic mass is 16.5. The lowest BCUT2D eigenvalue weighted by atomic mass is 10.3. The van der Waals surface area contributed by atoms with Crippen LogP contribution < -0.4 is 5.32 Å². The predicted octanol–water partition coefficient (Wildman–Crippen LogP) is 0.153. The molecule has 0 saturated carbocycles. The zero-order valence-corrected chi connectivity index (χ0v) is 10.6. The predicted molar refractivity (Wildman–Crippen MR) is 65.2 cm³/mol. The van der Waals surface area contributed by atoms with Crippen LogP contribution in [0.2, 0.25) is 0 Å². The van der Waals surface area contributed by atoms with Gasteiger partial charge in [0, 0.05) is 20.6 Å². The average molecular weight is 252 g/mol. The molecule has 1 aromatic heterocycles. The fourth-order valence-electron chi connectivity index (χ4n) is 1.16. The van der Waals surface area contributed by atoms with Gasteiger partial charge in [-0.1, -0.05) is 0 Å². The van der Waals surface area contributed by atoms with E-state index in [9.17, 15) is 9.59 Å². The first kappa shape index (κ1) is 13.9. The Morgan fingerprint density at radius 3 is 2.56 bits per heavy atom. The number of methoxy groups -OCH3 is 1. The molecule has 98 valence electrons. The lowest BCUT2D eigenvalue weighted by molar-refractivity contribution is -0.140. The van der Waals surface area contributed by atoms with Gasteiger partial charge in [0.1, 0.15) is 5.82 Å². The Balaban J connectivity index is 2.50. The molecule has 0 spiro atoms. The van der Waals surface area contributed by atoms with E-state index in [2.05, 4.69) is 20.3 Å². The van der Waals surface area contributed by atoms with Crippen LogP contribution in [-0.4, -0.2) is 54.7 Å². The van der Waals surface area contributed by atoms with Gasteiger partial charge in [0.15, 0.2) is 5.69 Å². The molecule has 0 saturated heterocycles. The molecule has 0 aliphatic carbocycles. The highest BCUT2D eigenvalue weighted by Crippen LogP contribution is 2.03. The molecular weight excluding hydrogens is 236 g/mol. The number of carbonyl (C=O) groups excluding carboxylic acids is 2. The van der Waals surface area contributed by atoms with Gasteiger partial charge in [0.2, 0.25) is 0 Å². The van der Waals surface area contributed by atoms with E-state index in [1.807, 2.05) is 0 Å². The van der Waals surface area contributed by atoms with Gasteiger partial charge >= 0.3 is 5.97 Å². The van der Waals surface area contributed by atoms with Crippen molar-refractivity contribution in [1.82, 2.24) is 15.1 Å². The Morgan fingerprint density at radius 1 is 1.33 bits per heavy atom. The maximum absolute atomic E-state index is 11.5. The number of aromatic nitrogens is 2. The van der Waals surface area contributed by atoms with E-state index in [1.54, 1.807) is 26.2 Å². The molecule has 1 N–H and O–H groups in total. The minimum Gasteiger partial charge on any atom is -0.469 e. The molecule has 0 bridgehead atoms. The largest absolute Gasteiger partial charge is 0.469 e. The molecule has 1 amide bonds. The monoisotopic (exact) mass is 252 g/mol. The molecule has 7 heteroatoms. The summed E-state index contributed by atoms with van der Waals surface area (Å²) in [4.78, 5) is 23.8. The van der Waals surface area contributed by atoms with Crippen LogP contribution in [-0.2, 0) is 9.53 Å². The lowest BCUT2D eigenvalue weighted by Gasteiger charge is -2.09. The highest BCUT2D eigenvalue weighted by Gasteiger charge is 2.09. The van der Waals surface area contributed by atoms with Crippen LogP contribution >= 0.6 is 0 Å². The summed E-state index contributed by atoms with van der Waals surface area (Å²) < 4.78 is 4.50. The minimum atomic E-state index is -0.296. The Morgan fingerprint density at radius 2 is 2.06 bits per heavy atom. The van der Waals surface area contributed by atoms with Crippen molar-refractivity contribution in [2.45, 2.75) is 6.42 Å². The number of anilines is 1. The molecule has 7 nitrogen and oxygen atoms in total. The molecule has 18 heavy (non-hydrogen) atoms. The number of nitrogens with zero attached hydrogens (tertiary/aromatic N) is 3. The number of hydrogen-bond donors (Lipinski definition) is 1. The second-order valence-electron chi connectivity index (χ2n) is 3.76. The van der Waals surface area contributed by atoms with Crippen LogP contribution in [0, 0.1) is 0 Å². The molecular formula is C11H16N4O3. The van der Waals surface area contributed by atoms with Gasteiger partial charge in [-0.3, -0.25) is 9.59 Å². The summed E-state index contributed by atoms with van der Waals surface area (Å²) in [6.45, 7) is 0.405. The van der Waals surface area contributed by atoms with Crippen LogP contribution in [0.15, 0.2) is 12.1 Å². The van der Waals surface area contributed by atoms with Crippen molar-refractivity contribution in [3.63, 3.8) is 0 Å². The van der Waals surface area contributed by atoms with Crippen LogP contribution in [0.1, 0.15) is 16.9 Å². The molecule has 0 radical (unpaired) electrons. The number of carbonyl (C=O) groups is 2. The molecule has 0 fully saturated rings. The van der Waals surface area contributed by atoms with Crippen molar-refractivity contribution in [2.24, 2.45) is 0 Å². The van der Waals surface area contributed by atoms with Crippen molar-refractivity contribution < 1.29 is 14.3 Å². The van der Waals surface area contributed by atoms with E-state index >= 15 is 0 Å². The minimum absolute atomic E-state index is 0.205. The summed E-state index contributed by atoms with van der Waals surface area (Å²) in [5, 5.41) is 10.5. The molecule has 0 aromatic carbocycles. The van der Waals surface area contributed by atoms with Crippen LogP contribution in [0.3, 0.4) is 0 Å². The van der Waals surface area contributed by atoms with Crippen LogP contribution in [0.4, 0.5) is 5.82 Å². The van der Waals surface area contributed by atoms with E-state index in [4.69, 9.17) is 0 Å². The van der Waals surface area contributed by atoms with Crippen molar-refractivity contribution in [3.05, 3.63) is 17.8 Å². The van der Waals surface area contributed by atoms with E-state index < -0.39 is 0 Å². The van der Waals surface area contributed by atoms with Crippen molar-refractivity contribution in [2.75, 3.05) is 33.1 Å². The van der Waals surface area contributed by atoms with Gasteiger partial charge in [-0.05, 0) is 12.1 Å². The Labute approximate surface area is 105 Å². The summed E-state index contributed by atoms with van der Waals surface area (Å²) in [7, 11) is 4.63. The Kier molecular flexibility index (Phi) is 5.04. The van der Waals surface area contributed by atoms with Gasteiger partial charge < -0.3 is 15.0 Å².